The van der Waals surface area contributed by atoms with Crippen LogP contribution in [0.2, 0.25) is 0 Å². The first-order chi connectivity index (χ1) is 11.6. The lowest BCUT2D eigenvalue weighted by Gasteiger charge is -2.10. The third-order valence-corrected chi connectivity index (χ3v) is 3.68. The summed E-state index contributed by atoms with van der Waals surface area (Å²) in [7, 11) is 0. The fourth-order valence-corrected chi connectivity index (χ4v) is 2.43. The van der Waals surface area contributed by atoms with Gasteiger partial charge in [0, 0.05) is 12.1 Å². The summed E-state index contributed by atoms with van der Waals surface area (Å²) in [5, 5.41) is 5.54. The first-order valence-corrected chi connectivity index (χ1v) is 7.71. The van der Waals surface area contributed by atoms with E-state index in [1.165, 1.54) is 12.1 Å². The van der Waals surface area contributed by atoms with E-state index in [9.17, 15) is 14.0 Å². The van der Waals surface area contributed by atoms with Crippen LogP contribution in [-0.4, -0.2) is 18.4 Å². The highest BCUT2D eigenvalue weighted by Crippen LogP contribution is 2.30. The molecule has 1 heterocycles. The molecule has 124 valence electrons. The summed E-state index contributed by atoms with van der Waals surface area (Å²) in [5.41, 5.74) is 2.03. The second-order valence-corrected chi connectivity index (χ2v) is 5.53. The van der Waals surface area contributed by atoms with Crippen molar-refractivity contribution < 1.29 is 18.7 Å². The van der Waals surface area contributed by atoms with Crippen LogP contribution in [0.5, 0.6) is 5.75 Å². The van der Waals surface area contributed by atoms with Crippen LogP contribution in [0.25, 0.3) is 0 Å². The maximum Gasteiger partial charge on any atom is 0.227 e. The number of rotatable bonds is 4. The molecular formula is C18H17FN2O3. The molecule has 0 spiro atoms. The van der Waals surface area contributed by atoms with Crippen molar-refractivity contribution in [1.82, 2.24) is 0 Å². The van der Waals surface area contributed by atoms with Crippen molar-refractivity contribution in [2.45, 2.75) is 19.3 Å². The minimum atomic E-state index is -0.294. The lowest BCUT2D eigenvalue weighted by atomic mass is 10.1. The molecule has 2 aromatic rings. The van der Waals surface area contributed by atoms with Crippen molar-refractivity contribution in [1.29, 1.82) is 0 Å². The second-order valence-electron chi connectivity index (χ2n) is 5.53. The largest absolute Gasteiger partial charge is 0.491 e. The Morgan fingerprint density at radius 2 is 2.00 bits per heavy atom. The summed E-state index contributed by atoms with van der Waals surface area (Å²) in [5.74, 6) is 0.0243. The summed E-state index contributed by atoms with van der Waals surface area (Å²) in [6, 6.07) is 11.2. The normalized spacial score (nSPS) is 13.3. The molecule has 2 amide bonds. The predicted octanol–water partition coefficient (Wildman–Crippen LogP) is 3.12. The minimum absolute atomic E-state index is 0.117. The number of ether oxygens (including phenoxy) is 1. The van der Waals surface area contributed by atoms with E-state index in [1.54, 1.807) is 30.3 Å². The molecule has 6 heteroatoms. The van der Waals surface area contributed by atoms with Crippen LogP contribution in [0.1, 0.15) is 18.4 Å². The smallest absolute Gasteiger partial charge is 0.227 e. The van der Waals surface area contributed by atoms with Crippen molar-refractivity contribution >= 4 is 23.2 Å². The maximum absolute atomic E-state index is 12.8. The Bertz CT molecular complexity index is 759. The minimum Gasteiger partial charge on any atom is -0.491 e. The Balaban J connectivity index is 1.60. The van der Waals surface area contributed by atoms with Gasteiger partial charge in [-0.05, 0) is 42.3 Å². The standard InChI is InChI=1S/C18H17FN2O3/c19-13-4-1-12(2-5-13)3-8-17(22)20-14-6-7-16-15(11-14)21-18(23)9-10-24-16/h1-2,4-7,11H,3,8-10H2,(H,20,22)(H,21,23). The summed E-state index contributed by atoms with van der Waals surface area (Å²) in [4.78, 5) is 23.6. The Morgan fingerprint density at radius 1 is 1.21 bits per heavy atom. The van der Waals surface area contributed by atoms with Gasteiger partial charge in [-0.3, -0.25) is 9.59 Å². The van der Waals surface area contributed by atoms with Gasteiger partial charge >= 0.3 is 0 Å². The fourth-order valence-electron chi connectivity index (χ4n) is 2.43. The van der Waals surface area contributed by atoms with E-state index in [4.69, 9.17) is 4.74 Å². The quantitative estimate of drug-likeness (QED) is 0.906. The Hall–Kier alpha value is -2.89. The third kappa shape index (κ3) is 4.10. The fraction of sp³-hybridized carbons (Fsp3) is 0.222. The van der Waals surface area contributed by atoms with Gasteiger partial charge in [0.25, 0.3) is 0 Å². The number of benzene rings is 2. The summed E-state index contributed by atoms with van der Waals surface area (Å²) >= 11 is 0. The van der Waals surface area contributed by atoms with Crippen LogP contribution in [-0.2, 0) is 16.0 Å². The molecule has 5 nitrogen and oxygen atoms in total. The lowest BCUT2D eigenvalue weighted by Crippen LogP contribution is -2.13. The third-order valence-electron chi connectivity index (χ3n) is 3.68. The van der Waals surface area contributed by atoms with Gasteiger partial charge in [0.1, 0.15) is 11.6 Å². The highest BCUT2D eigenvalue weighted by molar-refractivity contribution is 5.96. The molecule has 24 heavy (non-hydrogen) atoms. The van der Waals surface area contributed by atoms with E-state index in [-0.39, 0.29) is 24.1 Å². The van der Waals surface area contributed by atoms with E-state index in [0.717, 1.165) is 5.56 Å². The van der Waals surface area contributed by atoms with Gasteiger partial charge in [-0.1, -0.05) is 12.1 Å². The average Bonchev–Trinajstić information content (AvgIpc) is 2.74. The molecule has 0 unspecified atom stereocenters. The molecule has 0 aromatic heterocycles. The van der Waals surface area contributed by atoms with E-state index < -0.39 is 0 Å². The molecule has 0 bridgehead atoms. The molecule has 1 aliphatic heterocycles. The van der Waals surface area contributed by atoms with Crippen LogP contribution >= 0.6 is 0 Å². The number of anilines is 2. The first-order valence-electron chi connectivity index (χ1n) is 7.71. The van der Waals surface area contributed by atoms with Crippen LogP contribution < -0.4 is 15.4 Å². The molecule has 0 atom stereocenters. The van der Waals surface area contributed by atoms with Crippen LogP contribution in [0.15, 0.2) is 42.5 Å². The number of nitrogens with one attached hydrogen (secondary N) is 2. The number of fused-ring (bicyclic) bond motifs is 1. The van der Waals surface area contributed by atoms with Gasteiger partial charge in [-0.2, -0.15) is 0 Å². The van der Waals surface area contributed by atoms with Crippen molar-refractivity contribution in [3.8, 4) is 5.75 Å². The molecular weight excluding hydrogens is 311 g/mol. The van der Waals surface area contributed by atoms with Gasteiger partial charge < -0.3 is 15.4 Å². The van der Waals surface area contributed by atoms with E-state index in [2.05, 4.69) is 10.6 Å². The number of carbonyl (C=O) groups excluding carboxylic acids is 2. The number of amides is 2. The van der Waals surface area contributed by atoms with Crippen LogP contribution in [0.3, 0.4) is 0 Å². The molecule has 0 aliphatic carbocycles. The molecule has 2 aromatic carbocycles. The zero-order valence-electron chi connectivity index (χ0n) is 13.0. The van der Waals surface area contributed by atoms with Gasteiger partial charge in [0.2, 0.25) is 11.8 Å². The van der Waals surface area contributed by atoms with Crippen molar-refractivity contribution in [2.24, 2.45) is 0 Å². The first kappa shape index (κ1) is 16.0. The highest BCUT2D eigenvalue weighted by atomic mass is 19.1. The van der Waals surface area contributed by atoms with Crippen molar-refractivity contribution in [3.05, 3.63) is 53.8 Å². The van der Waals surface area contributed by atoms with Crippen LogP contribution in [0, 0.1) is 5.82 Å². The molecule has 3 rings (SSSR count). The zero-order valence-corrected chi connectivity index (χ0v) is 13.0. The highest BCUT2D eigenvalue weighted by Gasteiger charge is 2.14. The van der Waals surface area contributed by atoms with E-state index in [0.29, 0.717) is 36.6 Å². The zero-order chi connectivity index (χ0) is 16.9. The molecule has 1 aliphatic rings. The molecule has 2 N–H and O–H groups in total. The van der Waals surface area contributed by atoms with Crippen molar-refractivity contribution in [3.63, 3.8) is 0 Å². The summed E-state index contributed by atoms with van der Waals surface area (Å²) in [6.45, 7) is 0.336. The molecule has 0 fully saturated rings. The Labute approximate surface area is 138 Å². The van der Waals surface area contributed by atoms with Crippen molar-refractivity contribution in [2.75, 3.05) is 17.2 Å². The molecule has 0 radical (unpaired) electrons. The number of hydrogen-bond acceptors (Lipinski definition) is 3. The topological polar surface area (TPSA) is 67.4 Å². The van der Waals surface area contributed by atoms with E-state index >= 15 is 0 Å². The molecule has 0 saturated carbocycles. The average molecular weight is 328 g/mol. The maximum atomic E-state index is 12.8. The summed E-state index contributed by atoms with van der Waals surface area (Å²) < 4.78 is 18.3. The lowest BCUT2D eigenvalue weighted by molar-refractivity contribution is -0.117. The number of halogens is 1. The summed E-state index contributed by atoms with van der Waals surface area (Å²) in [6.07, 6.45) is 1.11. The van der Waals surface area contributed by atoms with Crippen LogP contribution in [0.4, 0.5) is 15.8 Å². The van der Waals surface area contributed by atoms with Gasteiger partial charge in [0.15, 0.2) is 0 Å². The SMILES string of the molecule is O=C(CCc1ccc(F)cc1)Nc1ccc2c(c1)NC(=O)CCO2. The molecule has 0 saturated heterocycles. The number of aryl methyl sites for hydroxylation is 1. The predicted molar refractivity (Wildman–Crippen MR) is 88.5 cm³/mol. The monoisotopic (exact) mass is 328 g/mol. The number of carbonyl (C=O) groups is 2. The van der Waals surface area contributed by atoms with Gasteiger partial charge in [-0.25, -0.2) is 4.39 Å². The van der Waals surface area contributed by atoms with Gasteiger partial charge in [0.05, 0.1) is 18.7 Å². The number of hydrogen-bond donors (Lipinski definition) is 2. The Morgan fingerprint density at radius 3 is 2.79 bits per heavy atom. The Kier molecular flexibility index (Phi) is 4.74. The van der Waals surface area contributed by atoms with Gasteiger partial charge in [-0.15, -0.1) is 0 Å². The van der Waals surface area contributed by atoms with E-state index in [1.807, 2.05) is 0 Å². The second kappa shape index (κ2) is 7.12.